The van der Waals surface area contributed by atoms with Crippen LogP contribution in [0.3, 0.4) is 0 Å². The number of nitrogens with zero attached hydrogens (tertiary/aromatic N) is 1. The average molecular weight is 340 g/mol. The van der Waals surface area contributed by atoms with Gasteiger partial charge in [-0.05, 0) is 30.7 Å². The third-order valence-corrected chi connectivity index (χ3v) is 5.40. The summed E-state index contributed by atoms with van der Waals surface area (Å²) in [6.45, 7) is 2.47. The number of thiophene rings is 1. The van der Waals surface area contributed by atoms with Crippen LogP contribution in [0.25, 0.3) is 0 Å². The van der Waals surface area contributed by atoms with Gasteiger partial charge in [0.05, 0.1) is 18.8 Å². The highest BCUT2D eigenvalue weighted by Gasteiger charge is 2.11. The maximum absolute atomic E-state index is 11.7. The molecule has 0 aliphatic heterocycles. The molecule has 0 saturated heterocycles. The first-order valence-electron chi connectivity index (χ1n) is 6.40. The van der Waals surface area contributed by atoms with E-state index in [9.17, 15) is 13.2 Å². The van der Waals surface area contributed by atoms with Crippen molar-refractivity contribution in [1.29, 1.82) is 0 Å². The Balaban J connectivity index is 1.83. The van der Waals surface area contributed by atoms with E-state index in [2.05, 4.69) is 15.6 Å². The quantitative estimate of drug-likeness (QED) is 0.756. The van der Waals surface area contributed by atoms with E-state index in [0.29, 0.717) is 11.4 Å². The van der Waals surface area contributed by atoms with Crippen LogP contribution in [0.1, 0.15) is 16.1 Å². The summed E-state index contributed by atoms with van der Waals surface area (Å²) in [5.74, 6) is 0. The van der Waals surface area contributed by atoms with Gasteiger partial charge in [0.25, 0.3) is 0 Å². The minimum Gasteiger partial charge on any atom is -0.333 e. The highest BCUT2D eigenvalue weighted by Crippen LogP contribution is 2.19. The van der Waals surface area contributed by atoms with Gasteiger partial charge in [-0.2, -0.15) is 0 Å². The van der Waals surface area contributed by atoms with Gasteiger partial charge in [-0.15, -0.1) is 11.3 Å². The third-order valence-electron chi connectivity index (χ3n) is 2.87. The Morgan fingerprint density at radius 1 is 1.27 bits per heavy atom. The number of amides is 2. The Hall–Kier alpha value is -1.97. The minimum atomic E-state index is -3.69. The summed E-state index contributed by atoms with van der Waals surface area (Å²) in [5, 5.41) is 10.4. The highest BCUT2D eigenvalue weighted by atomic mass is 32.2. The Kier molecular flexibility index (Phi) is 5.11. The Morgan fingerprint density at radius 2 is 2.00 bits per heavy atom. The topological polar surface area (TPSA) is 114 Å². The van der Waals surface area contributed by atoms with Crippen molar-refractivity contribution in [3.63, 3.8) is 0 Å². The number of rotatable bonds is 5. The molecular formula is C13H16N4O3S2. The van der Waals surface area contributed by atoms with Gasteiger partial charge in [-0.1, -0.05) is 6.07 Å². The van der Waals surface area contributed by atoms with Gasteiger partial charge in [0.2, 0.25) is 10.0 Å². The fourth-order valence-electron chi connectivity index (χ4n) is 1.70. The Bertz CT molecular complexity index is 771. The van der Waals surface area contributed by atoms with Crippen LogP contribution in [0.2, 0.25) is 0 Å². The van der Waals surface area contributed by atoms with E-state index in [1.54, 1.807) is 12.3 Å². The summed E-state index contributed by atoms with van der Waals surface area (Å²) in [6.07, 6.45) is 1.67. The van der Waals surface area contributed by atoms with Gasteiger partial charge in [0.15, 0.2) is 0 Å². The lowest BCUT2D eigenvalue weighted by atomic mass is 10.2. The van der Waals surface area contributed by atoms with E-state index in [4.69, 9.17) is 5.14 Å². The second-order valence-corrected chi connectivity index (χ2v) is 7.53. The molecule has 4 N–H and O–H groups in total. The number of aryl methyl sites for hydroxylation is 1. The number of carbonyl (C=O) groups is 1. The molecule has 0 atom stereocenters. The molecule has 9 heteroatoms. The molecule has 118 valence electrons. The van der Waals surface area contributed by atoms with Crippen LogP contribution in [-0.4, -0.2) is 19.4 Å². The van der Waals surface area contributed by atoms with E-state index >= 15 is 0 Å². The van der Waals surface area contributed by atoms with Crippen molar-refractivity contribution >= 4 is 27.4 Å². The number of carbonyl (C=O) groups excluding carboxylic acids is 1. The van der Waals surface area contributed by atoms with Crippen LogP contribution in [-0.2, 0) is 23.1 Å². The third kappa shape index (κ3) is 4.52. The summed E-state index contributed by atoms with van der Waals surface area (Å²) in [7, 11) is -3.69. The molecular weight excluding hydrogens is 324 g/mol. The number of aromatic nitrogens is 1. The maximum atomic E-state index is 11.7. The molecule has 22 heavy (non-hydrogen) atoms. The fraction of sp³-hybridized carbons (Fsp3) is 0.231. The zero-order chi connectivity index (χ0) is 16.2. The van der Waals surface area contributed by atoms with Crippen molar-refractivity contribution in [2.45, 2.75) is 24.2 Å². The van der Waals surface area contributed by atoms with Crippen LogP contribution < -0.4 is 15.8 Å². The molecule has 2 heterocycles. The first kappa shape index (κ1) is 16.4. The van der Waals surface area contributed by atoms with E-state index in [1.807, 2.05) is 19.1 Å². The van der Waals surface area contributed by atoms with E-state index in [0.717, 1.165) is 22.6 Å². The summed E-state index contributed by atoms with van der Waals surface area (Å²) in [5.41, 5.74) is 1.80. The van der Waals surface area contributed by atoms with Crippen molar-refractivity contribution in [3.8, 4) is 0 Å². The number of nitrogens with one attached hydrogen (secondary N) is 2. The largest absolute Gasteiger partial charge is 0.333 e. The van der Waals surface area contributed by atoms with Crippen LogP contribution in [0.15, 0.2) is 34.7 Å². The fourth-order valence-corrected chi connectivity index (χ4v) is 3.42. The van der Waals surface area contributed by atoms with Crippen molar-refractivity contribution in [2.75, 3.05) is 0 Å². The second-order valence-electron chi connectivity index (χ2n) is 4.57. The lowest BCUT2D eigenvalue weighted by molar-refractivity contribution is 0.240. The average Bonchev–Trinajstić information content (AvgIpc) is 2.93. The molecule has 0 unspecified atom stereocenters. The number of hydrogen-bond donors (Lipinski definition) is 3. The minimum absolute atomic E-state index is 0.0776. The van der Waals surface area contributed by atoms with Crippen LogP contribution in [0.5, 0.6) is 0 Å². The predicted octanol–water partition coefficient (Wildman–Crippen LogP) is 1.10. The SMILES string of the molecule is Cc1cccnc1CNC(=O)NCc1ccc(S(N)(=O)=O)s1. The number of hydrogen-bond acceptors (Lipinski definition) is 5. The molecule has 2 rings (SSSR count). The Labute approximate surface area is 132 Å². The summed E-state index contributed by atoms with van der Waals surface area (Å²) >= 11 is 1.03. The number of primary sulfonamides is 1. The van der Waals surface area contributed by atoms with Gasteiger partial charge in [0, 0.05) is 11.1 Å². The standard InChI is InChI=1S/C13H16N4O3S2/c1-9-3-2-6-15-11(9)8-17-13(18)16-7-10-4-5-12(21-10)22(14,19)20/h2-6H,7-8H2,1H3,(H2,14,19,20)(H2,16,17,18). The predicted molar refractivity (Wildman–Crippen MR) is 83.7 cm³/mol. The molecule has 2 amide bonds. The second kappa shape index (κ2) is 6.86. The number of pyridine rings is 1. The van der Waals surface area contributed by atoms with Crippen LogP contribution in [0, 0.1) is 6.92 Å². The molecule has 2 aromatic heterocycles. The molecule has 0 fully saturated rings. The molecule has 0 spiro atoms. The molecule has 0 bridgehead atoms. The summed E-state index contributed by atoms with van der Waals surface area (Å²) in [4.78, 5) is 16.6. The summed E-state index contributed by atoms with van der Waals surface area (Å²) < 4.78 is 22.4. The van der Waals surface area contributed by atoms with Crippen LogP contribution >= 0.6 is 11.3 Å². The monoisotopic (exact) mass is 340 g/mol. The van der Waals surface area contributed by atoms with Crippen molar-refractivity contribution in [2.24, 2.45) is 5.14 Å². The van der Waals surface area contributed by atoms with Gasteiger partial charge in [0.1, 0.15) is 4.21 Å². The molecule has 7 nitrogen and oxygen atoms in total. The van der Waals surface area contributed by atoms with Gasteiger partial charge in [-0.3, -0.25) is 4.98 Å². The van der Waals surface area contributed by atoms with Crippen molar-refractivity contribution in [3.05, 3.63) is 46.6 Å². The first-order valence-corrected chi connectivity index (χ1v) is 8.76. The molecule has 0 saturated carbocycles. The zero-order valence-corrected chi connectivity index (χ0v) is 13.5. The number of sulfonamides is 1. The molecule has 0 aliphatic rings. The highest BCUT2D eigenvalue weighted by molar-refractivity contribution is 7.91. The zero-order valence-electron chi connectivity index (χ0n) is 11.9. The number of urea groups is 1. The molecule has 0 radical (unpaired) electrons. The number of nitrogens with two attached hydrogens (primary N) is 1. The van der Waals surface area contributed by atoms with E-state index < -0.39 is 10.0 Å². The van der Waals surface area contributed by atoms with Gasteiger partial charge >= 0.3 is 6.03 Å². The maximum Gasteiger partial charge on any atom is 0.315 e. The van der Waals surface area contributed by atoms with Gasteiger partial charge in [-0.25, -0.2) is 18.4 Å². The lowest BCUT2D eigenvalue weighted by Crippen LogP contribution is -2.34. The van der Waals surface area contributed by atoms with E-state index in [1.165, 1.54) is 6.07 Å². The smallest absolute Gasteiger partial charge is 0.315 e. The first-order chi connectivity index (χ1) is 10.4. The molecule has 0 aliphatic carbocycles. The Morgan fingerprint density at radius 3 is 2.64 bits per heavy atom. The van der Waals surface area contributed by atoms with Gasteiger partial charge < -0.3 is 10.6 Å². The molecule has 2 aromatic rings. The normalized spacial score (nSPS) is 11.2. The van der Waals surface area contributed by atoms with Crippen molar-refractivity contribution in [1.82, 2.24) is 15.6 Å². The van der Waals surface area contributed by atoms with Crippen molar-refractivity contribution < 1.29 is 13.2 Å². The van der Waals surface area contributed by atoms with E-state index in [-0.39, 0.29) is 16.8 Å². The van der Waals surface area contributed by atoms with Crippen LogP contribution in [0.4, 0.5) is 4.79 Å². The lowest BCUT2D eigenvalue weighted by Gasteiger charge is -2.07. The summed E-state index contributed by atoms with van der Waals surface area (Å²) in [6, 6.07) is 6.44. The molecule has 0 aromatic carbocycles.